The molecule has 2 aliphatic rings. The van der Waals surface area contributed by atoms with Crippen LogP contribution in [0.5, 0.6) is 0 Å². The fraction of sp³-hybridized carbons (Fsp3) is 0.632. The van der Waals surface area contributed by atoms with Gasteiger partial charge in [-0.3, -0.25) is 9.69 Å². The minimum Gasteiger partial charge on any atom is -0.352 e. The van der Waals surface area contributed by atoms with Crippen molar-refractivity contribution < 1.29 is 4.79 Å². The zero-order chi connectivity index (χ0) is 16.1. The van der Waals surface area contributed by atoms with E-state index in [2.05, 4.69) is 40.5 Å². The Labute approximate surface area is 163 Å². The van der Waals surface area contributed by atoms with Crippen LogP contribution in [0.25, 0.3) is 0 Å². The second kappa shape index (κ2) is 10.4. The second-order valence-electron chi connectivity index (χ2n) is 7.23. The molecule has 1 aliphatic carbocycles. The van der Waals surface area contributed by atoms with Crippen LogP contribution in [0.15, 0.2) is 30.3 Å². The van der Waals surface area contributed by atoms with E-state index in [9.17, 15) is 4.79 Å². The Morgan fingerprint density at radius 1 is 1.08 bits per heavy atom. The van der Waals surface area contributed by atoms with Crippen LogP contribution in [0.1, 0.15) is 50.5 Å². The smallest absolute Gasteiger partial charge is 0.240 e. The molecule has 0 aromatic heterocycles. The van der Waals surface area contributed by atoms with Crippen LogP contribution in [-0.4, -0.2) is 35.5 Å². The summed E-state index contributed by atoms with van der Waals surface area (Å²) in [6, 6.07) is 10.9. The molecular formula is C19H31Cl2N3O. The lowest BCUT2D eigenvalue weighted by molar-refractivity contribution is -0.128. The molecule has 0 spiro atoms. The van der Waals surface area contributed by atoms with Crippen LogP contribution < -0.4 is 11.1 Å². The molecule has 25 heavy (non-hydrogen) atoms. The van der Waals surface area contributed by atoms with Crippen molar-refractivity contribution in [2.24, 2.45) is 5.73 Å². The number of nitrogens with two attached hydrogens (primary N) is 1. The fourth-order valence-electron chi connectivity index (χ4n) is 3.82. The van der Waals surface area contributed by atoms with E-state index in [1.54, 1.807) is 0 Å². The number of nitrogens with zero attached hydrogens (tertiary/aromatic N) is 1. The number of likely N-dealkylation sites (tertiary alicyclic amines) is 1. The van der Waals surface area contributed by atoms with E-state index in [0.717, 1.165) is 58.2 Å². The quantitative estimate of drug-likeness (QED) is 0.832. The molecule has 2 fully saturated rings. The minimum absolute atomic E-state index is 0. The molecule has 1 saturated heterocycles. The van der Waals surface area contributed by atoms with E-state index < -0.39 is 5.54 Å². The maximum atomic E-state index is 12.5. The van der Waals surface area contributed by atoms with Gasteiger partial charge < -0.3 is 11.1 Å². The van der Waals surface area contributed by atoms with E-state index >= 15 is 0 Å². The van der Waals surface area contributed by atoms with Gasteiger partial charge in [0.25, 0.3) is 0 Å². The highest BCUT2D eigenvalue weighted by Gasteiger charge is 2.36. The Morgan fingerprint density at radius 2 is 1.68 bits per heavy atom. The van der Waals surface area contributed by atoms with Crippen molar-refractivity contribution in [3.63, 3.8) is 0 Å². The molecule has 1 aliphatic heterocycles. The van der Waals surface area contributed by atoms with E-state index in [1.165, 1.54) is 12.0 Å². The van der Waals surface area contributed by atoms with E-state index in [4.69, 9.17) is 5.73 Å². The molecule has 4 nitrogen and oxygen atoms in total. The average Bonchev–Trinajstić information content (AvgIpc) is 2.58. The van der Waals surface area contributed by atoms with Gasteiger partial charge in [0.2, 0.25) is 5.91 Å². The van der Waals surface area contributed by atoms with E-state index in [-0.39, 0.29) is 36.8 Å². The Balaban J connectivity index is 0.00000156. The maximum absolute atomic E-state index is 12.5. The van der Waals surface area contributed by atoms with Crippen LogP contribution in [-0.2, 0) is 11.3 Å². The molecule has 3 rings (SSSR count). The van der Waals surface area contributed by atoms with Crippen LogP contribution in [0.3, 0.4) is 0 Å². The van der Waals surface area contributed by atoms with Gasteiger partial charge in [-0.25, -0.2) is 0 Å². The zero-order valence-corrected chi connectivity index (χ0v) is 16.4. The molecule has 0 atom stereocenters. The topological polar surface area (TPSA) is 58.4 Å². The zero-order valence-electron chi connectivity index (χ0n) is 14.8. The Kier molecular flexibility index (Phi) is 9.22. The third-order valence-corrected chi connectivity index (χ3v) is 5.37. The Morgan fingerprint density at radius 3 is 2.28 bits per heavy atom. The van der Waals surface area contributed by atoms with Crippen molar-refractivity contribution in [2.75, 3.05) is 13.1 Å². The molecule has 1 aromatic carbocycles. The molecule has 3 N–H and O–H groups in total. The highest BCUT2D eigenvalue weighted by molar-refractivity contribution is 5.86. The number of halogens is 2. The van der Waals surface area contributed by atoms with Crippen LogP contribution in [0.2, 0.25) is 0 Å². The SMILES string of the molecule is Cl.Cl.NC1(C(=O)NC2CCN(Cc3ccccc3)CC2)CCCCC1. The summed E-state index contributed by atoms with van der Waals surface area (Å²) in [7, 11) is 0. The first-order valence-electron chi connectivity index (χ1n) is 9.02. The van der Waals surface area contributed by atoms with Gasteiger partial charge in [0, 0.05) is 25.7 Å². The standard InChI is InChI=1S/C19H29N3O.2ClH/c20-19(11-5-2-6-12-19)18(23)21-17-9-13-22(14-10-17)15-16-7-3-1-4-8-16;;/h1,3-4,7-8,17H,2,5-6,9-15,20H2,(H,21,23);2*1H. The van der Waals surface area contributed by atoms with Gasteiger partial charge in [-0.2, -0.15) is 0 Å². The summed E-state index contributed by atoms with van der Waals surface area (Å²) >= 11 is 0. The number of carbonyl (C=O) groups is 1. The summed E-state index contributed by atoms with van der Waals surface area (Å²) in [5.74, 6) is 0.0821. The van der Waals surface area contributed by atoms with Gasteiger partial charge in [0.05, 0.1) is 5.54 Å². The van der Waals surface area contributed by atoms with Gasteiger partial charge in [-0.05, 0) is 31.2 Å². The first kappa shape index (κ1) is 22.2. The first-order chi connectivity index (χ1) is 11.2. The number of hydrogen-bond donors (Lipinski definition) is 2. The lowest BCUT2D eigenvalue weighted by Crippen LogP contribution is -2.58. The predicted molar refractivity (Wildman–Crippen MR) is 107 cm³/mol. The van der Waals surface area contributed by atoms with Crippen LogP contribution in [0, 0.1) is 0 Å². The molecule has 142 valence electrons. The summed E-state index contributed by atoms with van der Waals surface area (Å²) in [5.41, 5.74) is 7.07. The van der Waals surface area contributed by atoms with Crippen molar-refractivity contribution in [3.05, 3.63) is 35.9 Å². The molecule has 1 aromatic rings. The number of hydrogen-bond acceptors (Lipinski definition) is 3. The Bertz CT molecular complexity index is 513. The third-order valence-electron chi connectivity index (χ3n) is 5.37. The van der Waals surface area contributed by atoms with E-state index in [0.29, 0.717) is 0 Å². The molecule has 6 heteroatoms. The monoisotopic (exact) mass is 387 g/mol. The lowest BCUT2D eigenvalue weighted by atomic mass is 9.81. The van der Waals surface area contributed by atoms with E-state index in [1.807, 2.05) is 0 Å². The average molecular weight is 388 g/mol. The fourth-order valence-corrected chi connectivity index (χ4v) is 3.82. The third kappa shape index (κ3) is 6.14. The van der Waals surface area contributed by atoms with Gasteiger partial charge >= 0.3 is 0 Å². The largest absolute Gasteiger partial charge is 0.352 e. The molecule has 0 radical (unpaired) electrons. The maximum Gasteiger partial charge on any atom is 0.240 e. The van der Waals surface area contributed by atoms with Gasteiger partial charge in [-0.15, -0.1) is 24.8 Å². The highest BCUT2D eigenvalue weighted by atomic mass is 35.5. The van der Waals surface area contributed by atoms with Crippen LogP contribution >= 0.6 is 24.8 Å². The number of carbonyl (C=O) groups excluding carboxylic acids is 1. The summed E-state index contributed by atoms with van der Waals surface area (Å²) in [6.07, 6.45) is 7.10. The van der Waals surface area contributed by atoms with Gasteiger partial charge in [-0.1, -0.05) is 49.6 Å². The molecule has 1 saturated carbocycles. The lowest BCUT2D eigenvalue weighted by Gasteiger charge is -2.36. The molecular weight excluding hydrogens is 357 g/mol. The Hall–Kier alpha value is -0.810. The molecule has 0 unspecified atom stereocenters. The summed E-state index contributed by atoms with van der Waals surface area (Å²) in [6.45, 7) is 3.08. The summed E-state index contributed by atoms with van der Waals surface area (Å²) in [5, 5.41) is 3.22. The summed E-state index contributed by atoms with van der Waals surface area (Å²) in [4.78, 5) is 15.0. The first-order valence-corrected chi connectivity index (χ1v) is 9.02. The van der Waals surface area contributed by atoms with Crippen molar-refractivity contribution in [3.8, 4) is 0 Å². The minimum atomic E-state index is -0.612. The highest BCUT2D eigenvalue weighted by Crippen LogP contribution is 2.26. The summed E-state index contributed by atoms with van der Waals surface area (Å²) < 4.78 is 0. The molecule has 0 bridgehead atoms. The van der Waals surface area contributed by atoms with Gasteiger partial charge in [0.15, 0.2) is 0 Å². The van der Waals surface area contributed by atoms with Crippen molar-refractivity contribution in [1.29, 1.82) is 0 Å². The molecule has 1 amide bonds. The van der Waals surface area contributed by atoms with Crippen molar-refractivity contribution >= 4 is 30.7 Å². The number of rotatable bonds is 4. The van der Waals surface area contributed by atoms with Crippen LogP contribution in [0.4, 0.5) is 0 Å². The van der Waals surface area contributed by atoms with Gasteiger partial charge in [0.1, 0.15) is 0 Å². The number of piperidine rings is 1. The predicted octanol–water partition coefficient (Wildman–Crippen LogP) is 3.27. The number of amides is 1. The molecule has 1 heterocycles. The second-order valence-corrected chi connectivity index (χ2v) is 7.23. The van der Waals surface area contributed by atoms with Crippen molar-refractivity contribution in [2.45, 2.75) is 63.1 Å². The number of nitrogens with one attached hydrogen (secondary N) is 1. The number of benzene rings is 1. The normalized spacial score (nSPS) is 20.8. The van der Waals surface area contributed by atoms with Crippen molar-refractivity contribution in [1.82, 2.24) is 10.2 Å².